The normalized spacial score (nSPS) is 12.6. The maximum atomic E-state index is 13.7. The number of hydrogen-bond acceptors (Lipinski definition) is 5. The van der Waals surface area contributed by atoms with Crippen LogP contribution in [-0.4, -0.2) is 36.6 Å². The maximum Gasteiger partial charge on any atom is 0.261 e. The van der Waals surface area contributed by atoms with Gasteiger partial charge in [0.1, 0.15) is 10.7 Å². The highest BCUT2D eigenvalue weighted by atomic mass is 35.7. The van der Waals surface area contributed by atoms with Gasteiger partial charge in [-0.3, -0.25) is 0 Å². The van der Waals surface area contributed by atoms with Crippen molar-refractivity contribution in [2.24, 2.45) is 0 Å². The fourth-order valence-electron chi connectivity index (χ4n) is 1.32. The lowest BCUT2D eigenvalue weighted by atomic mass is 10.3. The first-order chi connectivity index (χ1) is 9.18. The summed E-state index contributed by atoms with van der Waals surface area (Å²) in [6.07, 6.45) is 0. The van der Waals surface area contributed by atoms with Crippen molar-refractivity contribution in [1.29, 1.82) is 0 Å². The lowest BCUT2D eigenvalue weighted by Gasteiger charge is -2.08. The monoisotopic (exact) mass is 345 g/mol. The van der Waals surface area contributed by atoms with E-state index in [-0.39, 0.29) is 13.2 Å². The molecule has 0 amide bonds. The van der Waals surface area contributed by atoms with Crippen molar-refractivity contribution in [2.45, 2.75) is 16.7 Å². The number of rotatable bonds is 7. The van der Waals surface area contributed by atoms with Gasteiger partial charge in [0.25, 0.3) is 9.05 Å². The van der Waals surface area contributed by atoms with Gasteiger partial charge in [0, 0.05) is 23.8 Å². The molecule has 0 unspecified atom stereocenters. The summed E-state index contributed by atoms with van der Waals surface area (Å²) in [6.45, 7) is 2.30. The molecule has 0 spiro atoms. The third-order valence-electron chi connectivity index (χ3n) is 2.22. The van der Waals surface area contributed by atoms with Gasteiger partial charge < -0.3 is 4.74 Å². The summed E-state index contributed by atoms with van der Waals surface area (Å²) in [4.78, 5) is -1.16. The highest BCUT2D eigenvalue weighted by molar-refractivity contribution is 8.13. The Balaban J connectivity index is 2.97. The molecule has 1 aromatic carbocycles. The van der Waals surface area contributed by atoms with Crippen LogP contribution in [0.2, 0.25) is 0 Å². The first-order valence-electron chi connectivity index (χ1n) is 5.50. The summed E-state index contributed by atoms with van der Waals surface area (Å²) in [5.41, 5.74) is 0. The zero-order valence-corrected chi connectivity index (χ0v) is 12.9. The standard InChI is InChI=1S/C10H13ClFNO5S2/c1-2-18-6-5-13-20(16,17)10-4-3-8(7-9(10)12)19(11,14)15/h3-4,7,13H,2,5-6H2,1H3. The zero-order valence-electron chi connectivity index (χ0n) is 10.5. The van der Waals surface area contributed by atoms with Crippen LogP contribution >= 0.6 is 10.7 Å². The van der Waals surface area contributed by atoms with Gasteiger partial charge in [-0.1, -0.05) is 0 Å². The minimum absolute atomic E-state index is 0.0226. The molecule has 0 aliphatic rings. The van der Waals surface area contributed by atoms with Crippen LogP contribution in [0.3, 0.4) is 0 Å². The molecule has 0 aromatic heterocycles. The van der Waals surface area contributed by atoms with E-state index in [4.69, 9.17) is 15.4 Å². The molecule has 0 aliphatic heterocycles. The largest absolute Gasteiger partial charge is 0.380 e. The quantitative estimate of drug-likeness (QED) is 0.589. The van der Waals surface area contributed by atoms with Crippen molar-refractivity contribution in [3.05, 3.63) is 24.0 Å². The van der Waals surface area contributed by atoms with Crippen molar-refractivity contribution < 1.29 is 26.0 Å². The molecule has 1 aromatic rings. The summed E-state index contributed by atoms with van der Waals surface area (Å²) in [7, 11) is -3.15. The molecule has 0 fully saturated rings. The number of hydrogen-bond donors (Lipinski definition) is 1. The Kier molecular flexibility index (Phi) is 5.90. The van der Waals surface area contributed by atoms with Crippen LogP contribution < -0.4 is 4.72 Å². The molecule has 10 heteroatoms. The predicted molar refractivity (Wildman–Crippen MR) is 71.1 cm³/mol. The fourth-order valence-corrected chi connectivity index (χ4v) is 3.15. The lowest BCUT2D eigenvalue weighted by Crippen LogP contribution is -2.28. The molecule has 0 radical (unpaired) electrons. The molecule has 0 saturated heterocycles. The molecule has 0 atom stereocenters. The third kappa shape index (κ3) is 4.67. The van der Waals surface area contributed by atoms with E-state index in [1.165, 1.54) is 0 Å². The van der Waals surface area contributed by atoms with E-state index >= 15 is 0 Å². The minimum atomic E-state index is -4.11. The van der Waals surface area contributed by atoms with E-state index < -0.39 is 34.7 Å². The molecule has 1 rings (SSSR count). The van der Waals surface area contributed by atoms with Crippen LogP contribution in [0, 0.1) is 5.82 Å². The topological polar surface area (TPSA) is 89.5 Å². The van der Waals surface area contributed by atoms with Crippen LogP contribution in [0.1, 0.15) is 6.92 Å². The predicted octanol–water partition coefficient (Wildman–Crippen LogP) is 1.07. The second kappa shape index (κ2) is 6.81. The second-order valence-electron chi connectivity index (χ2n) is 3.62. The average molecular weight is 346 g/mol. The van der Waals surface area contributed by atoms with Gasteiger partial charge in [0.15, 0.2) is 0 Å². The van der Waals surface area contributed by atoms with Crippen LogP contribution in [0.15, 0.2) is 28.0 Å². The minimum Gasteiger partial charge on any atom is -0.380 e. The van der Waals surface area contributed by atoms with Gasteiger partial charge in [-0.05, 0) is 25.1 Å². The third-order valence-corrected chi connectivity index (χ3v) is 5.06. The van der Waals surface area contributed by atoms with Crippen molar-refractivity contribution in [3.63, 3.8) is 0 Å². The molecule has 0 heterocycles. The van der Waals surface area contributed by atoms with Crippen molar-refractivity contribution in [2.75, 3.05) is 19.8 Å². The Morgan fingerprint density at radius 3 is 2.45 bits per heavy atom. The fraction of sp³-hybridized carbons (Fsp3) is 0.400. The number of ether oxygens (including phenoxy) is 1. The van der Waals surface area contributed by atoms with Gasteiger partial charge in [0.2, 0.25) is 10.0 Å². The molecule has 6 nitrogen and oxygen atoms in total. The summed E-state index contributed by atoms with van der Waals surface area (Å²) in [6, 6.07) is 2.32. The molecule has 0 bridgehead atoms. The molecule has 20 heavy (non-hydrogen) atoms. The van der Waals surface area contributed by atoms with E-state index in [2.05, 4.69) is 4.72 Å². The van der Waals surface area contributed by atoms with Gasteiger partial charge in [0.05, 0.1) is 11.5 Å². The highest BCUT2D eigenvalue weighted by Crippen LogP contribution is 2.21. The van der Waals surface area contributed by atoms with Gasteiger partial charge in [-0.25, -0.2) is 25.9 Å². The van der Waals surface area contributed by atoms with Crippen molar-refractivity contribution in [3.8, 4) is 0 Å². The Bertz CT molecular complexity index is 675. The van der Waals surface area contributed by atoms with Crippen molar-refractivity contribution in [1.82, 2.24) is 4.72 Å². The van der Waals surface area contributed by atoms with Crippen LogP contribution in [0.25, 0.3) is 0 Å². The van der Waals surface area contributed by atoms with Crippen molar-refractivity contribution >= 4 is 29.8 Å². The van der Waals surface area contributed by atoms with Gasteiger partial charge in [-0.2, -0.15) is 0 Å². The summed E-state index contributed by atoms with van der Waals surface area (Å²) in [5, 5.41) is 0. The Labute approximate surface area is 121 Å². The van der Waals surface area contributed by atoms with Crippen LogP contribution in [0.5, 0.6) is 0 Å². The molecular weight excluding hydrogens is 333 g/mol. The Hall–Kier alpha value is -0.740. The molecule has 0 aliphatic carbocycles. The Morgan fingerprint density at radius 1 is 1.30 bits per heavy atom. The smallest absolute Gasteiger partial charge is 0.261 e. The Morgan fingerprint density at radius 2 is 1.95 bits per heavy atom. The SMILES string of the molecule is CCOCCNS(=O)(=O)c1ccc(S(=O)(=O)Cl)cc1F. The highest BCUT2D eigenvalue weighted by Gasteiger charge is 2.21. The molecular formula is C10H13ClFNO5S2. The first kappa shape index (κ1) is 17.3. The molecule has 0 saturated carbocycles. The summed E-state index contributed by atoms with van der Waals surface area (Å²) >= 11 is 0. The molecule has 114 valence electrons. The summed E-state index contributed by atoms with van der Waals surface area (Å²) in [5.74, 6) is -1.20. The average Bonchev–Trinajstić information content (AvgIpc) is 2.33. The number of nitrogens with one attached hydrogen (secondary N) is 1. The second-order valence-corrected chi connectivity index (χ2v) is 7.93. The molecule has 1 N–H and O–H groups in total. The van der Waals surface area contributed by atoms with E-state index in [1.54, 1.807) is 6.92 Å². The van der Waals surface area contributed by atoms with E-state index in [9.17, 15) is 21.2 Å². The number of halogens is 2. The lowest BCUT2D eigenvalue weighted by molar-refractivity contribution is 0.153. The van der Waals surface area contributed by atoms with E-state index in [0.29, 0.717) is 12.7 Å². The van der Waals surface area contributed by atoms with E-state index in [1.807, 2.05) is 0 Å². The van der Waals surface area contributed by atoms with Crippen LogP contribution in [0.4, 0.5) is 4.39 Å². The maximum absolute atomic E-state index is 13.7. The van der Waals surface area contributed by atoms with Crippen LogP contribution in [-0.2, 0) is 23.8 Å². The summed E-state index contributed by atoms with van der Waals surface area (Å²) < 4.78 is 66.3. The van der Waals surface area contributed by atoms with Gasteiger partial charge in [-0.15, -0.1) is 0 Å². The van der Waals surface area contributed by atoms with E-state index in [0.717, 1.165) is 12.1 Å². The number of sulfonamides is 1. The zero-order chi connectivity index (χ0) is 15.4. The number of benzene rings is 1. The first-order valence-corrected chi connectivity index (χ1v) is 9.29. The van der Waals surface area contributed by atoms with Gasteiger partial charge >= 0.3 is 0 Å².